The number of nitrogen functional groups attached to an aromatic ring is 1. The molecule has 2 aromatic heterocycles. The number of thiophene rings is 1. The highest BCUT2D eigenvalue weighted by Crippen LogP contribution is 2.41. The number of anilines is 1. The van der Waals surface area contributed by atoms with Crippen molar-refractivity contribution >= 4 is 60.8 Å². The van der Waals surface area contributed by atoms with Crippen LogP contribution in [0.4, 0.5) is 5.82 Å². The molecule has 0 spiro atoms. The molecule has 0 saturated heterocycles. The number of hydrogen-bond donors (Lipinski definition) is 1. The number of carbonyl (C=O) groups excluding carboxylic acids is 1. The van der Waals surface area contributed by atoms with E-state index in [0.29, 0.717) is 23.1 Å². The Morgan fingerprint density at radius 1 is 1.36 bits per heavy atom. The van der Waals surface area contributed by atoms with Gasteiger partial charge in [-0.2, -0.15) is 0 Å². The van der Waals surface area contributed by atoms with Crippen LogP contribution in [0, 0.1) is 0 Å². The molecule has 28 heavy (non-hydrogen) atoms. The Bertz CT molecular complexity index is 1050. The van der Waals surface area contributed by atoms with E-state index in [9.17, 15) is 4.79 Å². The molecule has 0 aliphatic carbocycles. The van der Waals surface area contributed by atoms with Crippen LogP contribution in [-0.4, -0.2) is 27.1 Å². The molecule has 5 nitrogen and oxygen atoms in total. The summed E-state index contributed by atoms with van der Waals surface area (Å²) in [5.41, 5.74) is 8.02. The van der Waals surface area contributed by atoms with E-state index in [1.165, 1.54) is 22.2 Å². The molecule has 0 saturated carbocycles. The molecule has 1 aliphatic rings. The molecule has 0 radical (unpaired) electrons. The quantitative estimate of drug-likeness (QED) is 0.307. The van der Waals surface area contributed by atoms with Crippen molar-refractivity contribution in [2.24, 2.45) is 0 Å². The first-order valence-electron chi connectivity index (χ1n) is 9.02. The minimum Gasteiger partial charge on any atom is -0.383 e. The average molecular weight is 478 g/mol. The Hall–Kier alpha value is -1.48. The lowest BCUT2D eigenvalue weighted by molar-refractivity contribution is -0.0542. The highest BCUT2D eigenvalue weighted by molar-refractivity contribution is 9.10. The molecular weight excluding hydrogens is 458 g/mol. The monoisotopic (exact) mass is 477 g/mol. The molecule has 0 amide bonds. The third-order valence-corrected chi connectivity index (χ3v) is 7.57. The number of aromatic nitrogens is 2. The van der Waals surface area contributed by atoms with Gasteiger partial charge in [0.1, 0.15) is 10.6 Å². The number of fused-ring (bicyclic) bond motifs is 3. The molecule has 3 aromatic rings. The molecular formula is C20H20BrN3O2S2. The van der Waals surface area contributed by atoms with Crippen LogP contribution < -0.4 is 5.73 Å². The maximum Gasteiger partial charge on any atom is 0.191 e. The van der Waals surface area contributed by atoms with Crippen LogP contribution in [0.1, 0.15) is 41.1 Å². The van der Waals surface area contributed by atoms with Gasteiger partial charge in [-0.05, 0) is 31.0 Å². The number of rotatable bonds is 5. The Balaban J connectivity index is 1.57. The number of hydrogen-bond acceptors (Lipinski definition) is 7. The van der Waals surface area contributed by atoms with E-state index in [1.54, 1.807) is 11.3 Å². The lowest BCUT2D eigenvalue weighted by Gasteiger charge is -2.33. The van der Waals surface area contributed by atoms with E-state index in [2.05, 4.69) is 39.7 Å². The minimum absolute atomic E-state index is 0.0392. The molecule has 8 heteroatoms. The molecule has 3 heterocycles. The normalized spacial score (nSPS) is 19.0. The number of Topliss-reactive ketones (excluding diaryl/α,β-unsaturated/α-hetero) is 1. The molecule has 1 aromatic carbocycles. The number of ketones is 1. The van der Waals surface area contributed by atoms with Crippen molar-refractivity contribution in [1.82, 2.24) is 9.97 Å². The van der Waals surface area contributed by atoms with Crippen LogP contribution in [0.3, 0.4) is 0 Å². The maximum absolute atomic E-state index is 12.4. The first kappa shape index (κ1) is 19.8. The summed E-state index contributed by atoms with van der Waals surface area (Å²) in [6, 6.07) is 7.34. The van der Waals surface area contributed by atoms with Crippen LogP contribution in [0.15, 0.2) is 33.9 Å². The molecule has 0 fully saturated rings. The van der Waals surface area contributed by atoms with Gasteiger partial charge in [0, 0.05) is 21.3 Å². The van der Waals surface area contributed by atoms with Crippen LogP contribution in [0.2, 0.25) is 0 Å². The highest BCUT2D eigenvalue weighted by atomic mass is 79.9. The van der Waals surface area contributed by atoms with Gasteiger partial charge in [-0.15, -0.1) is 11.3 Å². The van der Waals surface area contributed by atoms with Gasteiger partial charge in [-0.1, -0.05) is 46.7 Å². The van der Waals surface area contributed by atoms with Crippen LogP contribution in [-0.2, 0) is 17.8 Å². The van der Waals surface area contributed by atoms with Gasteiger partial charge in [-0.25, -0.2) is 9.97 Å². The molecule has 0 unspecified atom stereocenters. The van der Waals surface area contributed by atoms with Crippen molar-refractivity contribution in [2.75, 3.05) is 11.5 Å². The van der Waals surface area contributed by atoms with Crippen molar-refractivity contribution < 1.29 is 9.53 Å². The fourth-order valence-corrected chi connectivity index (χ4v) is 5.40. The molecule has 0 bridgehead atoms. The number of halogens is 1. The van der Waals surface area contributed by atoms with Crippen molar-refractivity contribution in [3.05, 3.63) is 44.7 Å². The van der Waals surface area contributed by atoms with E-state index in [1.807, 2.05) is 24.3 Å². The summed E-state index contributed by atoms with van der Waals surface area (Å²) >= 11 is 6.31. The average Bonchev–Trinajstić information content (AvgIpc) is 3.04. The van der Waals surface area contributed by atoms with Crippen LogP contribution >= 0.6 is 39.0 Å². The topological polar surface area (TPSA) is 78.1 Å². The zero-order valence-corrected chi connectivity index (χ0v) is 18.8. The van der Waals surface area contributed by atoms with Gasteiger partial charge in [-0.3, -0.25) is 4.79 Å². The SMILES string of the molecule is CC[C@@]1(C)Cc2c(sc3nc(SCC(=O)c4ccc(Br)cc4)nc(N)c23)CO1. The fourth-order valence-electron chi connectivity index (χ4n) is 3.22. The molecule has 4 rings (SSSR count). The minimum atomic E-state index is -0.169. The van der Waals surface area contributed by atoms with E-state index < -0.39 is 0 Å². The smallest absolute Gasteiger partial charge is 0.191 e. The van der Waals surface area contributed by atoms with Gasteiger partial charge in [0.2, 0.25) is 0 Å². The van der Waals surface area contributed by atoms with Gasteiger partial charge in [0.15, 0.2) is 10.9 Å². The summed E-state index contributed by atoms with van der Waals surface area (Å²) < 4.78 is 6.99. The predicted molar refractivity (Wildman–Crippen MR) is 118 cm³/mol. The van der Waals surface area contributed by atoms with Crippen LogP contribution in [0.25, 0.3) is 10.2 Å². The number of benzene rings is 1. The summed E-state index contributed by atoms with van der Waals surface area (Å²) in [6.45, 7) is 4.86. The summed E-state index contributed by atoms with van der Waals surface area (Å²) in [5.74, 6) is 0.799. The largest absolute Gasteiger partial charge is 0.383 e. The number of nitrogens with two attached hydrogens (primary N) is 1. The van der Waals surface area contributed by atoms with Crippen molar-refractivity contribution in [3.8, 4) is 0 Å². The first-order chi connectivity index (χ1) is 13.4. The van der Waals surface area contributed by atoms with Crippen LogP contribution in [0.5, 0.6) is 0 Å². The number of carbonyl (C=O) groups is 1. The van der Waals surface area contributed by atoms with Gasteiger partial charge >= 0.3 is 0 Å². The summed E-state index contributed by atoms with van der Waals surface area (Å²) in [6.07, 6.45) is 1.76. The summed E-state index contributed by atoms with van der Waals surface area (Å²) in [7, 11) is 0. The van der Waals surface area contributed by atoms with Crippen molar-refractivity contribution in [2.45, 2.75) is 44.1 Å². The second-order valence-electron chi connectivity index (χ2n) is 7.06. The maximum atomic E-state index is 12.4. The highest BCUT2D eigenvalue weighted by Gasteiger charge is 2.33. The molecule has 2 N–H and O–H groups in total. The van der Waals surface area contributed by atoms with Gasteiger partial charge in [0.25, 0.3) is 0 Å². The Kier molecular flexibility index (Phi) is 5.48. The Morgan fingerprint density at radius 3 is 2.82 bits per heavy atom. The molecule has 1 aliphatic heterocycles. The van der Waals surface area contributed by atoms with Gasteiger partial charge in [0.05, 0.1) is 23.3 Å². The van der Waals surface area contributed by atoms with E-state index in [-0.39, 0.29) is 17.1 Å². The summed E-state index contributed by atoms with van der Waals surface area (Å²) in [4.78, 5) is 23.6. The Morgan fingerprint density at radius 2 is 2.11 bits per heavy atom. The van der Waals surface area contributed by atoms with E-state index >= 15 is 0 Å². The zero-order chi connectivity index (χ0) is 19.9. The van der Waals surface area contributed by atoms with E-state index in [0.717, 1.165) is 27.5 Å². The number of thioether (sulfide) groups is 1. The van der Waals surface area contributed by atoms with E-state index in [4.69, 9.17) is 10.5 Å². The summed E-state index contributed by atoms with van der Waals surface area (Å²) in [5, 5.41) is 1.49. The fraction of sp³-hybridized carbons (Fsp3) is 0.350. The second kappa shape index (κ2) is 7.74. The predicted octanol–water partition coefficient (Wildman–Crippen LogP) is 5.25. The Labute approximate surface area is 180 Å². The number of nitrogens with zero attached hydrogens (tertiary/aromatic N) is 2. The van der Waals surface area contributed by atoms with Crippen molar-refractivity contribution in [3.63, 3.8) is 0 Å². The first-order valence-corrected chi connectivity index (χ1v) is 11.6. The number of ether oxygens (including phenoxy) is 1. The molecule has 1 atom stereocenters. The third-order valence-electron chi connectivity index (χ3n) is 5.09. The standard InChI is InChI=1S/C20H20BrN3O2S2/c1-3-20(2)8-13-15(9-26-20)28-18-16(13)17(22)23-19(24-18)27-10-14(25)11-4-6-12(21)7-5-11/h4-7H,3,8-10H2,1-2H3,(H2,22,23,24)/t20-/m0/s1. The second-order valence-corrected chi connectivity index (χ2v) is 10.0. The lowest BCUT2D eigenvalue weighted by atomic mass is 9.90. The van der Waals surface area contributed by atoms with Gasteiger partial charge < -0.3 is 10.5 Å². The lowest BCUT2D eigenvalue weighted by Crippen LogP contribution is -2.33. The third kappa shape index (κ3) is 3.83. The van der Waals surface area contributed by atoms with Crippen molar-refractivity contribution in [1.29, 1.82) is 0 Å². The zero-order valence-electron chi connectivity index (χ0n) is 15.6. The molecule has 146 valence electrons.